The molecule has 0 bridgehead atoms. The number of methoxy groups -OCH3 is 1. The zero-order valence-corrected chi connectivity index (χ0v) is 13.8. The zero-order chi connectivity index (χ0) is 16.7. The summed E-state index contributed by atoms with van der Waals surface area (Å²) in [5.74, 6) is 0.630. The second-order valence-corrected chi connectivity index (χ2v) is 5.28. The maximum absolute atomic E-state index is 11.7. The van der Waals surface area contributed by atoms with Crippen LogP contribution in [0.15, 0.2) is 47.6 Å². The second kappa shape index (κ2) is 8.41. The fourth-order valence-corrected chi connectivity index (χ4v) is 2.00. The maximum atomic E-state index is 11.7. The highest BCUT2D eigenvalue weighted by molar-refractivity contribution is 6.34. The SMILES string of the molecule is COc1cccc(/C=N/NC(=O)COc2cc(Cl)ccc2Cl)c1. The number of benzene rings is 2. The molecule has 2 aromatic carbocycles. The maximum Gasteiger partial charge on any atom is 0.277 e. The van der Waals surface area contributed by atoms with Crippen molar-refractivity contribution in [2.75, 3.05) is 13.7 Å². The minimum absolute atomic E-state index is 0.227. The topological polar surface area (TPSA) is 59.9 Å². The quantitative estimate of drug-likeness (QED) is 0.638. The highest BCUT2D eigenvalue weighted by atomic mass is 35.5. The van der Waals surface area contributed by atoms with Crippen LogP contribution in [-0.4, -0.2) is 25.8 Å². The van der Waals surface area contributed by atoms with Crippen molar-refractivity contribution < 1.29 is 14.3 Å². The van der Waals surface area contributed by atoms with Gasteiger partial charge in [-0.25, -0.2) is 5.43 Å². The Bertz CT molecular complexity index is 720. The van der Waals surface area contributed by atoms with Gasteiger partial charge in [0, 0.05) is 11.1 Å². The molecule has 0 saturated heterocycles. The van der Waals surface area contributed by atoms with Crippen LogP contribution in [0.1, 0.15) is 5.56 Å². The number of hydrogen-bond acceptors (Lipinski definition) is 4. The predicted octanol–water partition coefficient (Wildman–Crippen LogP) is 3.53. The molecule has 2 aromatic rings. The number of amides is 1. The normalized spacial score (nSPS) is 10.6. The number of ether oxygens (including phenoxy) is 2. The van der Waals surface area contributed by atoms with Crippen molar-refractivity contribution in [3.63, 3.8) is 0 Å². The van der Waals surface area contributed by atoms with E-state index >= 15 is 0 Å². The highest BCUT2D eigenvalue weighted by Crippen LogP contribution is 2.27. The van der Waals surface area contributed by atoms with Crippen LogP contribution in [0.5, 0.6) is 11.5 Å². The number of carbonyl (C=O) groups is 1. The first-order valence-corrected chi connectivity index (χ1v) is 7.38. The van der Waals surface area contributed by atoms with Gasteiger partial charge in [0.1, 0.15) is 11.5 Å². The number of hydrogen-bond donors (Lipinski definition) is 1. The standard InChI is InChI=1S/C16H14Cl2N2O3/c1-22-13-4-2-3-11(7-13)9-19-20-16(21)10-23-15-8-12(17)5-6-14(15)18/h2-9H,10H2,1H3,(H,20,21)/b19-9+. The van der Waals surface area contributed by atoms with Crippen LogP contribution in [-0.2, 0) is 4.79 Å². The van der Waals surface area contributed by atoms with Gasteiger partial charge in [-0.2, -0.15) is 5.10 Å². The van der Waals surface area contributed by atoms with Crippen LogP contribution >= 0.6 is 23.2 Å². The Labute approximate surface area is 143 Å². The largest absolute Gasteiger partial charge is 0.497 e. The van der Waals surface area contributed by atoms with Crippen molar-refractivity contribution in [1.29, 1.82) is 0 Å². The van der Waals surface area contributed by atoms with Gasteiger partial charge in [0.05, 0.1) is 18.3 Å². The molecule has 1 N–H and O–H groups in total. The number of halogens is 2. The van der Waals surface area contributed by atoms with E-state index < -0.39 is 5.91 Å². The third-order valence-electron chi connectivity index (χ3n) is 2.75. The molecule has 0 atom stereocenters. The number of nitrogens with one attached hydrogen (secondary N) is 1. The van der Waals surface area contributed by atoms with E-state index in [-0.39, 0.29) is 6.61 Å². The lowest BCUT2D eigenvalue weighted by Gasteiger charge is -2.07. The Morgan fingerprint density at radius 1 is 1.26 bits per heavy atom. The minimum atomic E-state index is -0.416. The summed E-state index contributed by atoms with van der Waals surface area (Å²) in [7, 11) is 1.58. The number of hydrazone groups is 1. The van der Waals surface area contributed by atoms with E-state index in [1.165, 1.54) is 12.3 Å². The summed E-state index contributed by atoms with van der Waals surface area (Å²) in [6.07, 6.45) is 1.51. The van der Waals surface area contributed by atoms with E-state index in [9.17, 15) is 4.79 Å². The Morgan fingerprint density at radius 2 is 2.09 bits per heavy atom. The number of rotatable bonds is 6. The molecule has 0 radical (unpaired) electrons. The molecule has 1 amide bonds. The molecule has 0 spiro atoms. The van der Waals surface area contributed by atoms with Crippen LogP contribution < -0.4 is 14.9 Å². The molecule has 2 rings (SSSR count). The lowest BCUT2D eigenvalue weighted by atomic mass is 10.2. The van der Waals surface area contributed by atoms with Crippen LogP contribution in [0.25, 0.3) is 0 Å². The zero-order valence-electron chi connectivity index (χ0n) is 12.3. The van der Waals surface area contributed by atoms with E-state index in [0.29, 0.717) is 21.5 Å². The summed E-state index contributed by atoms with van der Waals surface area (Å²) in [6.45, 7) is -0.227. The van der Waals surface area contributed by atoms with Crippen LogP contribution in [0.2, 0.25) is 10.0 Å². The Hall–Kier alpha value is -2.24. The van der Waals surface area contributed by atoms with Gasteiger partial charge in [-0.05, 0) is 29.8 Å². The van der Waals surface area contributed by atoms with E-state index in [0.717, 1.165) is 5.56 Å². The van der Waals surface area contributed by atoms with Crippen LogP contribution in [0.3, 0.4) is 0 Å². The first-order valence-electron chi connectivity index (χ1n) is 6.62. The van der Waals surface area contributed by atoms with Gasteiger partial charge in [0.2, 0.25) is 0 Å². The Balaban J connectivity index is 1.85. The van der Waals surface area contributed by atoms with Gasteiger partial charge in [-0.15, -0.1) is 0 Å². The van der Waals surface area contributed by atoms with Crippen molar-refractivity contribution in [3.8, 4) is 11.5 Å². The fraction of sp³-hybridized carbons (Fsp3) is 0.125. The molecule has 0 aromatic heterocycles. The van der Waals surface area contributed by atoms with Gasteiger partial charge in [0.25, 0.3) is 5.91 Å². The van der Waals surface area contributed by atoms with Crippen LogP contribution in [0, 0.1) is 0 Å². The minimum Gasteiger partial charge on any atom is -0.497 e. The first kappa shape index (κ1) is 17.1. The Kier molecular flexibility index (Phi) is 6.26. The van der Waals surface area contributed by atoms with Gasteiger partial charge < -0.3 is 9.47 Å². The van der Waals surface area contributed by atoms with Gasteiger partial charge in [-0.3, -0.25) is 4.79 Å². The number of nitrogens with zero attached hydrogens (tertiary/aromatic N) is 1. The molecule has 7 heteroatoms. The molecular weight excluding hydrogens is 339 g/mol. The van der Waals surface area contributed by atoms with Crippen molar-refractivity contribution in [3.05, 3.63) is 58.1 Å². The first-order chi connectivity index (χ1) is 11.1. The van der Waals surface area contributed by atoms with Gasteiger partial charge >= 0.3 is 0 Å². The average Bonchev–Trinajstić information content (AvgIpc) is 2.56. The predicted molar refractivity (Wildman–Crippen MR) is 90.7 cm³/mol. The summed E-state index contributed by atoms with van der Waals surface area (Å²) in [6, 6.07) is 12.0. The third kappa shape index (κ3) is 5.47. The van der Waals surface area contributed by atoms with Crippen molar-refractivity contribution >= 4 is 35.3 Å². The fourth-order valence-electron chi connectivity index (χ4n) is 1.66. The Morgan fingerprint density at radius 3 is 2.87 bits per heavy atom. The monoisotopic (exact) mass is 352 g/mol. The molecule has 0 heterocycles. The van der Waals surface area contributed by atoms with E-state index in [1.807, 2.05) is 18.2 Å². The highest BCUT2D eigenvalue weighted by Gasteiger charge is 2.06. The van der Waals surface area contributed by atoms with E-state index in [4.69, 9.17) is 32.7 Å². The van der Waals surface area contributed by atoms with Crippen LogP contribution in [0.4, 0.5) is 0 Å². The van der Waals surface area contributed by atoms with Crippen molar-refractivity contribution in [1.82, 2.24) is 5.43 Å². The third-order valence-corrected chi connectivity index (χ3v) is 3.30. The smallest absolute Gasteiger partial charge is 0.277 e. The molecular formula is C16H14Cl2N2O3. The van der Waals surface area contributed by atoms with Gasteiger partial charge in [0.15, 0.2) is 6.61 Å². The second-order valence-electron chi connectivity index (χ2n) is 4.43. The molecule has 5 nitrogen and oxygen atoms in total. The summed E-state index contributed by atoms with van der Waals surface area (Å²) in [4.78, 5) is 11.7. The average molecular weight is 353 g/mol. The molecule has 23 heavy (non-hydrogen) atoms. The van der Waals surface area contributed by atoms with Crippen molar-refractivity contribution in [2.24, 2.45) is 5.10 Å². The van der Waals surface area contributed by atoms with Crippen molar-refractivity contribution in [2.45, 2.75) is 0 Å². The summed E-state index contributed by atoms with van der Waals surface area (Å²) in [5.41, 5.74) is 3.16. The number of carbonyl (C=O) groups excluding carboxylic acids is 1. The van der Waals surface area contributed by atoms with E-state index in [1.54, 1.807) is 25.3 Å². The molecule has 0 fully saturated rings. The molecule has 0 unspecified atom stereocenters. The van der Waals surface area contributed by atoms with E-state index in [2.05, 4.69) is 10.5 Å². The summed E-state index contributed by atoms with van der Waals surface area (Å²) < 4.78 is 10.4. The lowest BCUT2D eigenvalue weighted by molar-refractivity contribution is -0.123. The summed E-state index contributed by atoms with van der Waals surface area (Å²) in [5, 5.41) is 4.70. The molecule has 120 valence electrons. The van der Waals surface area contributed by atoms with Gasteiger partial charge in [-0.1, -0.05) is 35.3 Å². The summed E-state index contributed by atoms with van der Waals surface area (Å²) >= 11 is 11.8. The molecule has 0 aliphatic rings. The molecule has 0 aliphatic heterocycles. The molecule has 0 aliphatic carbocycles. The molecule has 0 saturated carbocycles. The lowest BCUT2D eigenvalue weighted by Crippen LogP contribution is -2.24.